The highest BCUT2D eigenvalue weighted by molar-refractivity contribution is 5.97. The van der Waals surface area contributed by atoms with Crippen molar-refractivity contribution in [2.24, 2.45) is 11.7 Å². The Morgan fingerprint density at radius 3 is 1.91 bits per heavy atom. The highest BCUT2D eigenvalue weighted by Crippen LogP contribution is 2.25. The van der Waals surface area contributed by atoms with Crippen LogP contribution < -0.4 is 27.0 Å². The van der Waals surface area contributed by atoms with Gasteiger partial charge in [0.1, 0.15) is 36.3 Å². The molecule has 2 aliphatic rings. The highest BCUT2D eigenvalue weighted by atomic mass is 19.4. The van der Waals surface area contributed by atoms with E-state index < -0.39 is 90.6 Å². The van der Waals surface area contributed by atoms with Crippen molar-refractivity contribution in [2.45, 2.75) is 115 Å². The van der Waals surface area contributed by atoms with Gasteiger partial charge in [0, 0.05) is 31.4 Å². The predicted octanol–water partition coefficient (Wildman–Crippen LogP) is -2.00. The van der Waals surface area contributed by atoms with E-state index in [4.69, 9.17) is 15.6 Å². The van der Waals surface area contributed by atoms with Crippen molar-refractivity contribution in [2.75, 3.05) is 19.7 Å². The number of likely N-dealkylation sites (tertiary alicyclic amines) is 2. The predicted molar refractivity (Wildman–Crippen MR) is 187 cm³/mol. The van der Waals surface area contributed by atoms with Crippen LogP contribution in [-0.2, 0) is 44.8 Å². The third-order valence-corrected chi connectivity index (χ3v) is 8.79. The third kappa shape index (κ3) is 13.8. The zero-order valence-electron chi connectivity index (χ0n) is 31.3. The summed E-state index contributed by atoms with van der Waals surface area (Å²) in [6.45, 7) is 6.38. The van der Waals surface area contributed by atoms with Gasteiger partial charge in [0.25, 0.3) is 0 Å². The first-order valence-electron chi connectivity index (χ1n) is 17.8. The lowest BCUT2D eigenvalue weighted by Crippen LogP contribution is -2.59. The first-order valence-corrected chi connectivity index (χ1v) is 17.8. The number of aromatic nitrogens is 2. The maximum atomic E-state index is 13.7. The van der Waals surface area contributed by atoms with Crippen LogP contribution in [0.15, 0.2) is 12.5 Å². The Bertz CT molecular complexity index is 1560. The number of carboxylic acid groups (broad SMARTS) is 2. The molecule has 23 heteroatoms. The Balaban J connectivity index is 0.00000141. The molecule has 2 saturated heterocycles. The Labute approximate surface area is 319 Å². The van der Waals surface area contributed by atoms with Gasteiger partial charge in [-0.1, -0.05) is 13.8 Å². The number of nitrogens with one attached hydrogen (secondary N) is 5. The fourth-order valence-corrected chi connectivity index (χ4v) is 5.97. The molecule has 10 N–H and O–H groups in total. The van der Waals surface area contributed by atoms with Gasteiger partial charge in [-0.05, 0) is 51.9 Å². The van der Waals surface area contributed by atoms with Crippen LogP contribution in [0.2, 0.25) is 0 Å². The minimum absolute atomic E-state index is 0.0258. The lowest BCUT2D eigenvalue weighted by atomic mass is 10.0. The standard InChI is InChI=1S/C31H49N9O9.C2HF3O2/c1-16(2)11-20(27(44)38-22(14-41)31(48)49)36-25(42)18(4)35-26(43)21(12-19-13-33-15-34-19)37-28(45)23-7-5-9-39(23)30(47)24-8-6-10-40(24)29(46)17(3)32;3-2(4,5)1(6)7/h13,15-18,20-24,41H,5-12,14,32H2,1-4H3,(H,33,34)(H,35,43)(H,36,42)(H,37,45)(H,38,44)(H,48,49);(H,6,7)/t17-,18-,20-,21-,22-,23-,24-;/m0./s1. The molecule has 3 rings (SSSR count). The molecule has 6 amide bonds. The van der Waals surface area contributed by atoms with Crippen LogP contribution in [0.3, 0.4) is 0 Å². The van der Waals surface area contributed by atoms with Gasteiger partial charge in [0.05, 0.1) is 19.0 Å². The van der Waals surface area contributed by atoms with Crippen LogP contribution >= 0.6 is 0 Å². The van der Waals surface area contributed by atoms with Gasteiger partial charge < -0.3 is 57.1 Å². The molecule has 0 bridgehead atoms. The molecule has 0 saturated carbocycles. The molecule has 0 aliphatic carbocycles. The van der Waals surface area contributed by atoms with Crippen molar-refractivity contribution < 1.29 is 66.8 Å². The number of halogens is 3. The summed E-state index contributed by atoms with van der Waals surface area (Å²) in [5.41, 5.74) is 6.30. The van der Waals surface area contributed by atoms with E-state index in [0.717, 1.165) is 0 Å². The number of aromatic amines is 1. The maximum Gasteiger partial charge on any atom is 0.490 e. The first kappa shape index (κ1) is 46.8. The van der Waals surface area contributed by atoms with Gasteiger partial charge in [-0.2, -0.15) is 13.2 Å². The molecular formula is C33H50F3N9O11. The second-order valence-corrected chi connectivity index (χ2v) is 13.8. The molecular weight excluding hydrogens is 755 g/mol. The molecule has 0 radical (unpaired) electrons. The number of rotatable bonds is 16. The number of imidazole rings is 1. The van der Waals surface area contributed by atoms with E-state index >= 15 is 0 Å². The summed E-state index contributed by atoms with van der Waals surface area (Å²) in [6, 6.07) is -7.50. The van der Waals surface area contributed by atoms with Crippen molar-refractivity contribution in [1.82, 2.24) is 41.0 Å². The van der Waals surface area contributed by atoms with Crippen molar-refractivity contribution in [3.63, 3.8) is 0 Å². The van der Waals surface area contributed by atoms with Gasteiger partial charge in [0.2, 0.25) is 35.4 Å². The normalized spacial score (nSPS) is 19.4. The summed E-state index contributed by atoms with van der Waals surface area (Å²) >= 11 is 0. The number of aliphatic hydroxyl groups excluding tert-OH is 1. The maximum absolute atomic E-state index is 13.7. The molecule has 1 aromatic rings. The summed E-state index contributed by atoms with van der Waals surface area (Å²) in [4.78, 5) is 109. The Kier molecular flexibility index (Phi) is 17.7. The van der Waals surface area contributed by atoms with Gasteiger partial charge in [-0.25, -0.2) is 14.6 Å². The number of H-pyrrole nitrogens is 1. The number of hydrogen-bond donors (Lipinski definition) is 9. The molecule has 56 heavy (non-hydrogen) atoms. The zero-order valence-corrected chi connectivity index (χ0v) is 31.3. The fraction of sp³-hybridized carbons (Fsp3) is 0.667. The zero-order chi connectivity index (χ0) is 42.5. The number of carbonyl (C=O) groups excluding carboxylic acids is 6. The number of aliphatic hydroxyl groups is 1. The quantitative estimate of drug-likeness (QED) is 0.0875. The molecule has 3 heterocycles. The smallest absolute Gasteiger partial charge is 0.480 e. The SMILES string of the molecule is CC(C)C[C@H](NC(=O)[C@H](C)NC(=O)[C@H](Cc1cnc[nH]1)NC(=O)[C@@H]1CCCN1C(=O)[C@@H]1CCCN1C(=O)[C@H](C)N)C(=O)N[C@@H](CO)C(=O)O.O=C(O)C(F)(F)F. The number of hydrogen-bond acceptors (Lipinski definition) is 11. The average Bonchev–Trinajstić information content (AvgIpc) is 3.91. The molecule has 314 valence electrons. The number of carboxylic acids is 2. The number of alkyl halides is 3. The molecule has 1 aromatic heterocycles. The van der Waals surface area contributed by atoms with E-state index in [0.29, 0.717) is 44.5 Å². The number of carbonyl (C=O) groups is 8. The van der Waals surface area contributed by atoms with Crippen LogP contribution in [0.25, 0.3) is 0 Å². The summed E-state index contributed by atoms with van der Waals surface area (Å²) in [5.74, 6) is -7.83. The molecule has 0 spiro atoms. The van der Waals surface area contributed by atoms with E-state index in [1.807, 2.05) is 0 Å². The van der Waals surface area contributed by atoms with Crippen LogP contribution in [-0.4, -0.2) is 151 Å². The number of aliphatic carboxylic acids is 2. The van der Waals surface area contributed by atoms with Crippen molar-refractivity contribution in [1.29, 1.82) is 0 Å². The topological polar surface area (TPSA) is 307 Å². The van der Waals surface area contributed by atoms with Gasteiger partial charge >= 0.3 is 18.1 Å². The van der Waals surface area contributed by atoms with Crippen LogP contribution in [0.4, 0.5) is 13.2 Å². The summed E-state index contributed by atoms with van der Waals surface area (Å²) in [7, 11) is 0. The van der Waals surface area contributed by atoms with Crippen LogP contribution in [0.5, 0.6) is 0 Å². The lowest BCUT2D eigenvalue weighted by Gasteiger charge is -2.32. The minimum atomic E-state index is -5.08. The second kappa shape index (κ2) is 21.1. The molecule has 2 aliphatic heterocycles. The van der Waals surface area contributed by atoms with Crippen molar-refractivity contribution in [3.05, 3.63) is 18.2 Å². The number of nitrogens with two attached hydrogens (primary N) is 1. The summed E-state index contributed by atoms with van der Waals surface area (Å²) < 4.78 is 31.7. The van der Waals surface area contributed by atoms with E-state index in [2.05, 4.69) is 31.2 Å². The Morgan fingerprint density at radius 1 is 0.857 bits per heavy atom. The number of nitrogens with zero attached hydrogens (tertiary/aromatic N) is 3. The Hall–Kier alpha value is -5.32. The first-order chi connectivity index (χ1) is 26.1. The van der Waals surface area contributed by atoms with Crippen LogP contribution in [0.1, 0.15) is 65.5 Å². The number of amides is 6. The Morgan fingerprint density at radius 2 is 1.41 bits per heavy atom. The largest absolute Gasteiger partial charge is 0.490 e. The molecule has 0 aromatic carbocycles. The summed E-state index contributed by atoms with van der Waals surface area (Å²) in [5, 5.41) is 35.6. The molecule has 7 atom stereocenters. The van der Waals surface area contributed by atoms with Crippen LogP contribution in [0, 0.1) is 5.92 Å². The highest BCUT2D eigenvalue weighted by Gasteiger charge is 2.43. The fourth-order valence-electron chi connectivity index (χ4n) is 5.97. The third-order valence-electron chi connectivity index (χ3n) is 8.79. The van der Waals surface area contributed by atoms with Gasteiger partial charge in [-0.15, -0.1) is 0 Å². The van der Waals surface area contributed by atoms with E-state index in [9.17, 15) is 56.9 Å². The minimum Gasteiger partial charge on any atom is -0.480 e. The molecule has 20 nitrogen and oxygen atoms in total. The van der Waals surface area contributed by atoms with Gasteiger partial charge in [0.15, 0.2) is 0 Å². The average molecular weight is 806 g/mol. The second-order valence-electron chi connectivity index (χ2n) is 13.8. The molecule has 0 unspecified atom stereocenters. The summed E-state index contributed by atoms with van der Waals surface area (Å²) in [6.07, 6.45) is -0.110. The van der Waals surface area contributed by atoms with Crippen molar-refractivity contribution in [3.8, 4) is 0 Å². The van der Waals surface area contributed by atoms with Crippen molar-refractivity contribution >= 4 is 47.4 Å². The lowest BCUT2D eigenvalue weighted by molar-refractivity contribution is -0.192. The molecule has 2 fully saturated rings. The van der Waals surface area contributed by atoms with E-state index in [1.165, 1.54) is 29.2 Å². The monoisotopic (exact) mass is 805 g/mol. The van der Waals surface area contributed by atoms with E-state index in [1.54, 1.807) is 20.8 Å². The van der Waals surface area contributed by atoms with E-state index in [-0.39, 0.29) is 30.6 Å². The van der Waals surface area contributed by atoms with Gasteiger partial charge in [-0.3, -0.25) is 28.8 Å².